The van der Waals surface area contributed by atoms with E-state index in [1.54, 1.807) is 24.3 Å². The monoisotopic (exact) mass is 469 g/mol. The molecule has 1 aliphatic carbocycles. The minimum atomic E-state index is -3.90. The summed E-state index contributed by atoms with van der Waals surface area (Å²) in [6.45, 7) is 3.72. The molecule has 1 atom stereocenters. The second-order valence-electron chi connectivity index (χ2n) is 8.41. The zero-order valence-electron chi connectivity index (χ0n) is 18.7. The summed E-state index contributed by atoms with van der Waals surface area (Å²) in [7, 11) is -3.90. The quantitative estimate of drug-likeness (QED) is 0.318. The molecule has 0 spiro atoms. The van der Waals surface area contributed by atoms with E-state index in [-0.39, 0.29) is 22.7 Å². The second kappa shape index (κ2) is 9.49. The van der Waals surface area contributed by atoms with Gasteiger partial charge in [0, 0.05) is 17.0 Å². The third-order valence-electron chi connectivity index (χ3n) is 5.90. The van der Waals surface area contributed by atoms with Crippen LogP contribution in [0.4, 0.5) is 0 Å². The number of nitrogens with one attached hydrogen (secondary N) is 1. The molecule has 8 heteroatoms. The van der Waals surface area contributed by atoms with Crippen LogP contribution in [0.2, 0.25) is 0 Å². The summed E-state index contributed by atoms with van der Waals surface area (Å²) in [6, 6.07) is 10.3. The Morgan fingerprint density at radius 1 is 1.09 bits per heavy atom. The summed E-state index contributed by atoms with van der Waals surface area (Å²) in [6.07, 6.45) is 4.37. The second-order valence-corrected chi connectivity index (χ2v) is 10.1. The van der Waals surface area contributed by atoms with E-state index in [9.17, 15) is 18.0 Å². The molecule has 33 heavy (non-hydrogen) atoms. The standard InChI is InChI=1S/C25H27NO6S/c1-3-6-22(26-33(29,30)18-12-9-16(2)10-13-18)25(28)31-17-11-14-20-19-7-4-5-8-21(19)24(27)32-23(20)15-17/h9-15,22,26H,3-8H2,1-2H3. The van der Waals surface area contributed by atoms with Crippen molar-refractivity contribution in [3.05, 3.63) is 69.6 Å². The number of hydrogen-bond acceptors (Lipinski definition) is 6. The van der Waals surface area contributed by atoms with Gasteiger partial charge in [0.05, 0.1) is 4.90 Å². The molecule has 0 aliphatic heterocycles. The van der Waals surface area contributed by atoms with Crippen molar-refractivity contribution in [2.75, 3.05) is 0 Å². The molecule has 1 aliphatic rings. The summed E-state index contributed by atoms with van der Waals surface area (Å²) in [5.41, 5.74) is 2.67. The number of benzene rings is 2. The first-order chi connectivity index (χ1) is 15.8. The highest BCUT2D eigenvalue weighted by Crippen LogP contribution is 2.29. The number of fused-ring (bicyclic) bond motifs is 3. The van der Waals surface area contributed by atoms with E-state index in [0.29, 0.717) is 18.4 Å². The molecule has 7 nitrogen and oxygen atoms in total. The van der Waals surface area contributed by atoms with Crippen molar-refractivity contribution in [2.45, 2.75) is 63.3 Å². The van der Waals surface area contributed by atoms with Gasteiger partial charge in [-0.15, -0.1) is 0 Å². The van der Waals surface area contributed by atoms with E-state index >= 15 is 0 Å². The molecule has 0 saturated carbocycles. The van der Waals surface area contributed by atoms with Crippen LogP contribution >= 0.6 is 0 Å². The number of rotatable bonds is 7. The lowest BCUT2D eigenvalue weighted by Crippen LogP contribution is -2.42. The van der Waals surface area contributed by atoms with E-state index in [4.69, 9.17) is 9.15 Å². The maximum atomic E-state index is 12.9. The zero-order chi connectivity index (χ0) is 23.6. The van der Waals surface area contributed by atoms with Gasteiger partial charge in [-0.2, -0.15) is 4.72 Å². The Labute approximate surface area is 192 Å². The molecule has 0 fully saturated rings. The Hall–Kier alpha value is -2.97. The lowest BCUT2D eigenvalue weighted by atomic mass is 9.91. The molecule has 0 saturated heterocycles. The van der Waals surface area contributed by atoms with Crippen LogP contribution in [0.25, 0.3) is 11.0 Å². The van der Waals surface area contributed by atoms with Crippen LogP contribution in [0.1, 0.15) is 49.3 Å². The van der Waals surface area contributed by atoms with Gasteiger partial charge < -0.3 is 9.15 Å². The van der Waals surface area contributed by atoms with Crippen molar-refractivity contribution in [1.29, 1.82) is 0 Å². The van der Waals surface area contributed by atoms with Crippen LogP contribution in [0.3, 0.4) is 0 Å². The average Bonchev–Trinajstić information content (AvgIpc) is 2.79. The first-order valence-electron chi connectivity index (χ1n) is 11.2. The third kappa shape index (κ3) is 5.02. The van der Waals surface area contributed by atoms with Gasteiger partial charge in [-0.25, -0.2) is 18.0 Å². The average molecular weight is 470 g/mol. The van der Waals surface area contributed by atoms with Crippen molar-refractivity contribution in [3.63, 3.8) is 0 Å². The minimum absolute atomic E-state index is 0.0826. The normalized spacial score (nSPS) is 14.6. The van der Waals surface area contributed by atoms with Crippen LogP contribution in [0, 0.1) is 6.92 Å². The maximum Gasteiger partial charge on any atom is 0.339 e. The fraction of sp³-hybridized carbons (Fsp3) is 0.360. The van der Waals surface area contributed by atoms with Crippen LogP contribution in [0.15, 0.2) is 56.6 Å². The lowest BCUT2D eigenvalue weighted by molar-refractivity contribution is -0.136. The maximum absolute atomic E-state index is 12.9. The largest absolute Gasteiger partial charge is 0.425 e. The number of hydrogen-bond donors (Lipinski definition) is 1. The fourth-order valence-electron chi connectivity index (χ4n) is 4.16. The van der Waals surface area contributed by atoms with Crippen molar-refractivity contribution in [3.8, 4) is 5.75 Å². The van der Waals surface area contributed by atoms with Gasteiger partial charge in [0.1, 0.15) is 17.4 Å². The summed E-state index contributed by atoms with van der Waals surface area (Å²) in [5, 5.41) is 0.842. The van der Waals surface area contributed by atoms with Crippen LogP contribution in [-0.4, -0.2) is 20.4 Å². The molecular formula is C25H27NO6S. The number of aryl methyl sites for hydroxylation is 2. The molecule has 4 rings (SSSR count). The molecule has 3 aromatic rings. The summed E-state index contributed by atoms with van der Waals surface area (Å²) < 4.78 is 39.0. The van der Waals surface area contributed by atoms with E-state index in [1.807, 2.05) is 13.8 Å². The smallest absolute Gasteiger partial charge is 0.339 e. The molecular weight excluding hydrogens is 442 g/mol. The van der Waals surface area contributed by atoms with Crippen molar-refractivity contribution in [2.24, 2.45) is 0 Å². The Bertz CT molecular complexity index is 1340. The number of carbonyl (C=O) groups is 1. The highest BCUT2D eigenvalue weighted by atomic mass is 32.2. The van der Waals surface area contributed by atoms with Gasteiger partial charge in [-0.05, 0) is 68.9 Å². The SMILES string of the molecule is CCCC(NS(=O)(=O)c1ccc(C)cc1)C(=O)Oc1ccc2c3c(c(=O)oc2c1)CCCC3. The van der Waals surface area contributed by atoms with Gasteiger partial charge >= 0.3 is 11.6 Å². The van der Waals surface area contributed by atoms with Crippen LogP contribution < -0.4 is 15.1 Å². The molecule has 0 bridgehead atoms. The molecule has 0 amide bonds. The summed E-state index contributed by atoms with van der Waals surface area (Å²) in [4.78, 5) is 25.3. The molecule has 0 radical (unpaired) electrons. The van der Waals surface area contributed by atoms with Gasteiger partial charge in [-0.3, -0.25) is 0 Å². The Balaban J connectivity index is 1.57. The molecule has 1 aromatic heterocycles. The molecule has 1 heterocycles. The van der Waals surface area contributed by atoms with E-state index in [0.717, 1.165) is 41.3 Å². The number of esters is 1. The highest BCUT2D eigenvalue weighted by molar-refractivity contribution is 7.89. The highest BCUT2D eigenvalue weighted by Gasteiger charge is 2.27. The van der Waals surface area contributed by atoms with Gasteiger partial charge in [0.15, 0.2) is 0 Å². The molecule has 2 aromatic carbocycles. The first kappa shape index (κ1) is 23.2. The van der Waals surface area contributed by atoms with E-state index < -0.39 is 22.0 Å². The number of ether oxygens (including phenoxy) is 1. The molecule has 174 valence electrons. The molecule has 1 N–H and O–H groups in total. The van der Waals surface area contributed by atoms with Crippen molar-refractivity contribution in [1.82, 2.24) is 4.72 Å². The third-order valence-corrected chi connectivity index (χ3v) is 7.39. The predicted molar refractivity (Wildman–Crippen MR) is 125 cm³/mol. The Kier molecular flexibility index (Phi) is 6.67. The van der Waals surface area contributed by atoms with Gasteiger partial charge in [0.2, 0.25) is 10.0 Å². The van der Waals surface area contributed by atoms with Crippen molar-refractivity contribution < 1.29 is 22.4 Å². The molecule has 1 unspecified atom stereocenters. The topological polar surface area (TPSA) is 103 Å². The summed E-state index contributed by atoms with van der Waals surface area (Å²) in [5.74, 6) is -0.519. The minimum Gasteiger partial charge on any atom is -0.425 e. The first-order valence-corrected chi connectivity index (χ1v) is 12.7. The van der Waals surface area contributed by atoms with E-state index in [1.165, 1.54) is 18.2 Å². The number of sulfonamides is 1. The van der Waals surface area contributed by atoms with Crippen LogP contribution in [-0.2, 0) is 27.7 Å². The fourth-order valence-corrected chi connectivity index (χ4v) is 5.38. The van der Waals surface area contributed by atoms with Crippen molar-refractivity contribution >= 4 is 27.0 Å². The van der Waals surface area contributed by atoms with E-state index in [2.05, 4.69) is 4.72 Å². The summed E-state index contributed by atoms with van der Waals surface area (Å²) >= 11 is 0. The Morgan fingerprint density at radius 3 is 2.48 bits per heavy atom. The zero-order valence-corrected chi connectivity index (χ0v) is 19.5. The Morgan fingerprint density at radius 2 is 1.79 bits per heavy atom. The van der Waals surface area contributed by atoms with Crippen LogP contribution in [0.5, 0.6) is 5.75 Å². The number of carbonyl (C=O) groups excluding carboxylic acids is 1. The van der Waals surface area contributed by atoms with Gasteiger partial charge in [0.25, 0.3) is 0 Å². The van der Waals surface area contributed by atoms with Gasteiger partial charge in [-0.1, -0.05) is 31.0 Å². The predicted octanol–water partition coefficient (Wildman–Crippen LogP) is 4.03. The lowest BCUT2D eigenvalue weighted by Gasteiger charge is -2.18.